The van der Waals surface area contributed by atoms with E-state index in [1.54, 1.807) is 18.1 Å². The number of nitrogens with two attached hydrogens (primary N) is 1. The second kappa shape index (κ2) is 6.10. The number of aromatic nitrogens is 3. The number of rotatable bonds is 5. The lowest BCUT2D eigenvalue weighted by Gasteiger charge is -2.09. The van der Waals surface area contributed by atoms with Gasteiger partial charge in [0.05, 0.1) is 5.75 Å². The SMILES string of the molecule is Cc1ccc(N)c(SCc2ncnn2CC(C)C)c1. The minimum atomic E-state index is 0.564. The summed E-state index contributed by atoms with van der Waals surface area (Å²) in [5, 5.41) is 4.27. The van der Waals surface area contributed by atoms with Gasteiger partial charge < -0.3 is 5.73 Å². The summed E-state index contributed by atoms with van der Waals surface area (Å²) in [6.45, 7) is 7.33. The molecule has 2 aromatic rings. The van der Waals surface area contributed by atoms with E-state index in [1.807, 2.05) is 16.8 Å². The lowest BCUT2D eigenvalue weighted by atomic mass is 10.2. The number of nitrogens with zero attached hydrogens (tertiary/aromatic N) is 3. The molecule has 4 nitrogen and oxygen atoms in total. The molecule has 0 atom stereocenters. The van der Waals surface area contributed by atoms with Crippen molar-refractivity contribution in [1.82, 2.24) is 14.8 Å². The fraction of sp³-hybridized carbons (Fsp3) is 0.429. The highest BCUT2D eigenvalue weighted by Gasteiger charge is 2.08. The number of benzene rings is 1. The molecule has 0 unspecified atom stereocenters. The van der Waals surface area contributed by atoms with Crippen molar-refractivity contribution in [2.24, 2.45) is 5.92 Å². The molecule has 1 aromatic heterocycles. The van der Waals surface area contributed by atoms with Gasteiger partial charge in [-0.1, -0.05) is 19.9 Å². The largest absolute Gasteiger partial charge is 0.398 e. The molecule has 2 rings (SSSR count). The van der Waals surface area contributed by atoms with Gasteiger partial charge in [0.25, 0.3) is 0 Å². The third-order valence-corrected chi connectivity index (χ3v) is 3.83. The van der Waals surface area contributed by atoms with Crippen LogP contribution in [0.2, 0.25) is 0 Å². The number of aryl methyl sites for hydroxylation is 1. The van der Waals surface area contributed by atoms with Crippen LogP contribution in [0.15, 0.2) is 29.4 Å². The van der Waals surface area contributed by atoms with Gasteiger partial charge in [-0.05, 0) is 30.5 Å². The molecule has 0 aliphatic carbocycles. The minimum absolute atomic E-state index is 0.564. The Morgan fingerprint density at radius 1 is 1.37 bits per heavy atom. The first kappa shape index (κ1) is 13.9. The first-order valence-corrected chi connectivity index (χ1v) is 7.40. The van der Waals surface area contributed by atoms with Crippen LogP contribution in [-0.2, 0) is 12.3 Å². The first-order chi connectivity index (χ1) is 9.06. The van der Waals surface area contributed by atoms with Crippen LogP contribution in [0.1, 0.15) is 25.2 Å². The van der Waals surface area contributed by atoms with E-state index in [0.717, 1.165) is 28.7 Å². The van der Waals surface area contributed by atoms with E-state index >= 15 is 0 Å². The smallest absolute Gasteiger partial charge is 0.138 e. The van der Waals surface area contributed by atoms with Crippen molar-refractivity contribution in [3.05, 3.63) is 35.9 Å². The van der Waals surface area contributed by atoms with E-state index in [-0.39, 0.29) is 0 Å². The minimum Gasteiger partial charge on any atom is -0.398 e. The molecule has 1 heterocycles. The molecule has 0 aliphatic rings. The molecule has 0 spiro atoms. The van der Waals surface area contributed by atoms with Crippen molar-refractivity contribution < 1.29 is 0 Å². The van der Waals surface area contributed by atoms with Crippen LogP contribution in [0, 0.1) is 12.8 Å². The molecular formula is C14H20N4S. The quantitative estimate of drug-likeness (QED) is 0.673. The molecule has 0 saturated heterocycles. The highest BCUT2D eigenvalue weighted by molar-refractivity contribution is 7.98. The molecule has 0 radical (unpaired) electrons. The van der Waals surface area contributed by atoms with Gasteiger partial charge in [-0.25, -0.2) is 9.67 Å². The first-order valence-electron chi connectivity index (χ1n) is 6.42. The van der Waals surface area contributed by atoms with Crippen molar-refractivity contribution >= 4 is 17.4 Å². The second-order valence-corrected chi connectivity index (χ2v) is 6.10. The number of hydrogen-bond donors (Lipinski definition) is 1. The number of nitrogen functional groups attached to an aromatic ring is 1. The zero-order valence-electron chi connectivity index (χ0n) is 11.6. The van der Waals surface area contributed by atoms with Crippen LogP contribution in [0.3, 0.4) is 0 Å². The summed E-state index contributed by atoms with van der Waals surface area (Å²) in [5.74, 6) is 2.36. The van der Waals surface area contributed by atoms with Crippen molar-refractivity contribution in [3.8, 4) is 0 Å². The van der Waals surface area contributed by atoms with Gasteiger partial charge in [-0.15, -0.1) is 11.8 Å². The highest BCUT2D eigenvalue weighted by Crippen LogP contribution is 2.28. The maximum absolute atomic E-state index is 5.98. The van der Waals surface area contributed by atoms with Crippen LogP contribution in [0.25, 0.3) is 0 Å². The van der Waals surface area contributed by atoms with Crippen molar-refractivity contribution in [1.29, 1.82) is 0 Å². The van der Waals surface area contributed by atoms with Crippen LogP contribution in [0.5, 0.6) is 0 Å². The Labute approximate surface area is 118 Å². The highest BCUT2D eigenvalue weighted by atomic mass is 32.2. The fourth-order valence-electron chi connectivity index (χ4n) is 1.81. The van der Waals surface area contributed by atoms with Crippen molar-refractivity contribution in [2.75, 3.05) is 5.73 Å². The molecule has 1 aromatic carbocycles. The molecular weight excluding hydrogens is 256 g/mol. The van der Waals surface area contributed by atoms with Gasteiger partial charge in [-0.3, -0.25) is 0 Å². The lowest BCUT2D eigenvalue weighted by Crippen LogP contribution is -2.09. The maximum atomic E-state index is 5.98. The average Bonchev–Trinajstić information content (AvgIpc) is 2.77. The lowest BCUT2D eigenvalue weighted by molar-refractivity contribution is 0.472. The van der Waals surface area contributed by atoms with Crippen molar-refractivity contribution in [3.63, 3.8) is 0 Å². The van der Waals surface area contributed by atoms with Gasteiger partial charge in [-0.2, -0.15) is 5.10 Å². The van der Waals surface area contributed by atoms with Crippen LogP contribution < -0.4 is 5.73 Å². The molecule has 0 bridgehead atoms. The Morgan fingerprint density at radius 3 is 2.89 bits per heavy atom. The zero-order chi connectivity index (χ0) is 13.8. The molecule has 102 valence electrons. The maximum Gasteiger partial charge on any atom is 0.138 e. The van der Waals surface area contributed by atoms with Gasteiger partial charge in [0, 0.05) is 17.1 Å². The zero-order valence-corrected chi connectivity index (χ0v) is 12.4. The third kappa shape index (κ3) is 3.73. The monoisotopic (exact) mass is 276 g/mol. The standard InChI is InChI=1S/C14H20N4S/c1-10(2)7-18-14(16-9-17-18)8-19-13-6-11(3)4-5-12(13)15/h4-6,9-10H,7-8,15H2,1-3H3. The third-order valence-electron chi connectivity index (χ3n) is 2.76. The Bertz CT molecular complexity index is 548. The molecule has 19 heavy (non-hydrogen) atoms. The van der Waals surface area contributed by atoms with Gasteiger partial charge in [0.2, 0.25) is 0 Å². The molecule has 0 aliphatic heterocycles. The molecule has 0 fully saturated rings. The van der Waals surface area contributed by atoms with Crippen LogP contribution >= 0.6 is 11.8 Å². The van der Waals surface area contributed by atoms with Gasteiger partial charge in [0.15, 0.2) is 0 Å². The average molecular weight is 276 g/mol. The second-order valence-electron chi connectivity index (χ2n) is 5.08. The van der Waals surface area contributed by atoms with E-state index in [4.69, 9.17) is 5.73 Å². The predicted molar refractivity (Wildman–Crippen MR) is 80.0 cm³/mol. The molecule has 5 heteroatoms. The Hall–Kier alpha value is -1.49. The summed E-state index contributed by atoms with van der Waals surface area (Å²) in [5.41, 5.74) is 8.03. The van der Waals surface area contributed by atoms with Gasteiger partial charge in [0.1, 0.15) is 12.2 Å². The number of thioether (sulfide) groups is 1. The Kier molecular flexibility index (Phi) is 4.47. The van der Waals surface area contributed by atoms with E-state index in [1.165, 1.54) is 5.56 Å². The van der Waals surface area contributed by atoms with Gasteiger partial charge >= 0.3 is 0 Å². The molecule has 2 N–H and O–H groups in total. The molecule has 0 saturated carbocycles. The van der Waals surface area contributed by atoms with E-state index < -0.39 is 0 Å². The molecule has 0 amide bonds. The summed E-state index contributed by atoms with van der Waals surface area (Å²) in [6, 6.07) is 6.10. The summed E-state index contributed by atoms with van der Waals surface area (Å²) < 4.78 is 1.98. The Balaban J connectivity index is 2.06. The predicted octanol–water partition coefficient (Wildman–Crippen LogP) is 3.12. The summed E-state index contributed by atoms with van der Waals surface area (Å²) in [6.07, 6.45) is 1.62. The van der Waals surface area contributed by atoms with Crippen LogP contribution in [0.4, 0.5) is 5.69 Å². The summed E-state index contributed by atoms with van der Waals surface area (Å²) in [4.78, 5) is 5.44. The van der Waals surface area contributed by atoms with E-state index in [0.29, 0.717) is 5.92 Å². The van der Waals surface area contributed by atoms with Crippen LogP contribution in [-0.4, -0.2) is 14.8 Å². The summed E-state index contributed by atoms with van der Waals surface area (Å²) in [7, 11) is 0. The van der Waals surface area contributed by atoms with E-state index in [2.05, 4.69) is 36.9 Å². The topological polar surface area (TPSA) is 56.7 Å². The number of hydrogen-bond acceptors (Lipinski definition) is 4. The number of anilines is 1. The Morgan fingerprint density at radius 2 is 2.16 bits per heavy atom. The van der Waals surface area contributed by atoms with Crippen molar-refractivity contribution in [2.45, 2.75) is 38.0 Å². The normalized spacial score (nSPS) is 11.2. The summed E-state index contributed by atoms with van der Waals surface area (Å²) >= 11 is 1.71. The fourth-order valence-corrected chi connectivity index (χ4v) is 2.82. The van der Waals surface area contributed by atoms with E-state index in [9.17, 15) is 0 Å².